The Hall–Kier alpha value is -3.01. The molecule has 10 heteroatoms. The minimum atomic E-state index is -1.44. The fourth-order valence-electron chi connectivity index (χ4n) is 4.40. The molecule has 0 atom stereocenters. The second-order valence-electron chi connectivity index (χ2n) is 10.3. The largest absolute Gasteiger partial charge is 0.508 e. The van der Waals surface area contributed by atoms with Crippen LogP contribution in [0.4, 0.5) is 4.79 Å². The van der Waals surface area contributed by atoms with Crippen LogP contribution in [0, 0.1) is 5.92 Å². The highest BCUT2D eigenvalue weighted by Gasteiger charge is 2.30. The Bertz CT molecular complexity index is 915. The third kappa shape index (κ3) is 8.29. The lowest BCUT2D eigenvalue weighted by Gasteiger charge is -2.41. The second-order valence-corrected chi connectivity index (χ2v) is 10.3. The summed E-state index contributed by atoms with van der Waals surface area (Å²) in [7, 11) is 1.19. The van der Waals surface area contributed by atoms with E-state index in [0.29, 0.717) is 0 Å². The topological polar surface area (TPSA) is 137 Å². The number of methoxy groups -OCH3 is 1. The van der Waals surface area contributed by atoms with Crippen LogP contribution in [0.25, 0.3) is 0 Å². The number of phenols is 1. The third-order valence-electron chi connectivity index (χ3n) is 6.51. The van der Waals surface area contributed by atoms with Gasteiger partial charge in [0, 0.05) is 31.7 Å². The molecule has 1 saturated carbocycles. The maximum atomic E-state index is 12.1. The van der Waals surface area contributed by atoms with Crippen molar-refractivity contribution in [3.05, 3.63) is 23.3 Å². The second kappa shape index (κ2) is 12.8. The minimum absolute atomic E-state index is 0.146. The van der Waals surface area contributed by atoms with Crippen molar-refractivity contribution in [2.24, 2.45) is 5.92 Å². The Balaban J connectivity index is 0.000000269. The predicted molar refractivity (Wildman–Crippen MR) is 134 cm³/mol. The summed E-state index contributed by atoms with van der Waals surface area (Å²) in [6.07, 6.45) is 6.24. The first-order chi connectivity index (χ1) is 16.9. The van der Waals surface area contributed by atoms with Gasteiger partial charge in [0.2, 0.25) is 0 Å². The first kappa shape index (κ1) is 29.2. The molecule has 1 amide bonds. The zero-order chi connectivity index (χ0) is 27.0. The number of hydrogen-bond donors (Lipinski definition) is 3. The number of nitrogens with zero attached hydrogens (tertiary/aromatic N) is 2. The van der Waals surface area contributed by atoms with E-state index in [1.54, 1.807) is 0 Å². The van der Waals surface area contributed by atoms with Gasteiger partial charge in [-0.3, -0.25) is 0 Å². The maximum absolute atomic E-state index is 12.1. The Morgan fingerprint density at radius 2 is 1.67 bits per heavy atom. The molecule has 1 saturated heterocycles. The van der Waals surface area contributed by atoms with E-state index in [4.69, 9.17) is 20.1 Å². The van der Waals surface area contributed by atoms with Gasteiger partial charge in [-0.05, 0) is 65.0 Å². The van der Waals surface area contributed by atoms with Crippen LogP contribution in [0.5, 0.6) is 11.5 Å². The molecule has 0 spiro atoms. The number of phenolic OH excluding ortho intramolecular Hbond substituents is 1. The first-order valence-electron chi connectivity index (χ1n) is 12.5. The van der Waals surface area contributed by atoms with Crippen LogP contribution in [-0.2, 0) is 4.74 Å². The molecular weight excluding hydrogens is 468 g/mol. The van der Waals surface area contributed by atoms with E-state index in [-0.39, 0.29) is 17.6 Å². The Morgan fingerprint density at radius 1 is 1.06 bits per heavy atom. The number of carboxylic acid groups (broad SMARTS) is 2. The smallest absolute Gasteiger partial charge is 0.410 e. The Morgan fingerprint density at radius 3 is 2.08 bits per heavy atom. The summed E-state index contributed by atoms with van der Waals surface area (Å²) in [5, 5.41) is 26.7. The number of hydrogen-bond acceptors (Lipinski definition) is 7. The van der Waals surface area contributed by atoms with Gasteiger partial charge in [-0.1, -0.05) is 13.3 Å². The van der Waals surface area contributed by atoms with E-state index >= 15 is 0 Å². The molecule has 0 bridgehead atoms. The summed E-state index contributed by atoms with van der Waals surface area (Å²) in [6.45, 7) is 12.1. The number of aromatic hydroxyl groups is 1. The minimum Gasteiger partial charge on any atom is -0.508 e. The maximum Gasteiger partial charge on any atom is 0.410 e. The van der Waals surface area contributed by atoms with Crippen LogP contribution < -0.4 is 4.74 Å². The van der Waals surface area contributed by atoms with Crippen LogP contribution >= 0.6 is 0 Å². The van der Waals surface area contributed by atoms with Crippen molar-refractivity contribution in [2.75, 3.05) is 33.3 Å². The number of carbonyl (C=O) groups is 3. The molecule has 0 aromatic heterocycles. The predicted octanol–water partition coefficient (Wildman–Crippen LogP) is 4.31. The number of rotatable bonds is 7. The van der Waals surface area contributed by atoms with Gasteiger partial charge in [0.25, 0.3) is 0 Å². The number of carboxylic acids is 2. The van der Waals surface area contributed by atoms with E-state index in [1.165, 1.54) is 32.9 Å². The van der Waals surface area contributed by atoms with E-state index < -0.39 is 28.7 Å². The molecule has 202 valence electrons. The molecule has 2 fully saturated rings. The van der Waals surface area contributed by atoms with Gasteiger partial charge in [0.15, 0.2) is 0 Å². The van der Waals surface area contributed by atoms with Crippen molar-refractivity contribution >= 4 is 18.0 Å². The highest BCUT2D eigenvalue weighted by molar-refractivity contribution is 6.04. The van der Waals surface area contributed by atoms with Crippen molar-refractivity contribution in [3.63, 3.8) is 0 Å². The van der Waals surface area contributed by atoms with Gasteiger partial charge in [-0.15, -0.1) is 0 Å². The Labute approximate surface area is 212 Å². The standard InChI is InChI=1S/C17H32N2O2.C9H8O6/c1-5-18(15-7-6-8-15)13-14-9-11-19(12-10-14)16(20)21-17(2,3)4;1-15-6-3-4(10)2-5(8(11)12)7(6)9(13)14/h14-15H,5-13H2,1-4H3;2-3,10H,1H3,(H,11,12)(H,13,14). The third-order valence-corrected chi connectivity index (χ3v) is 6.51. The molecule has 3 N–H and O–H groups in total. The normalized spacial score (nSPS) is 16.6. The molecule has 1 aromatic rings. The average molecular weight is 509 g/mol. The number of aromatic carboxylic acids is 2. The number of carbonyl (C=O) groups excluding carboxylic acids is 1. The van der Waals surface area contributed by atoms with Crippen LogP contribution in [0.15, 0.2) is 12.1 Å². The van der Waals surface area contributed by atoms with Crippen molar-refractivity contribution < 1.29 is 39.2 Å². The number of benzene rings is 1. The molecule has 1 aliphatic carbocycles. The van der Waals surface area contributed by atoms with Crippen molar-refractivity contribution in [1.29, 1.82) is 0 Å². The van der Waals surface area contributed by atoms with Crippen LogP contribution in [0.2, 0.25) is 0 Å². The SMILES string of the molecule is CCN(CC1CCN(C(=O)OC(C)(C)C)CC1)C1CCC1.COc1cc(O)cc(C(=O)O)c1C(=O)O. The number of amides is 1. The quantitative estimate of drug-likeness (QED) is 0.492. The lowest BCUT2D eigenvalue weighted by Crippen LogP contribution is -2.46. The fourth-order valence-corrected chi connectivity index (χ4v) is 4.40. The van der Waals surface area contributed by atoms with Crippen molar-refractivity contribution in [1.82, 2.24) is 9.80 Å². The molecular formula is C26H40N2O8. The molecule has 10 nitrogen and oxygen atoms in total. The molecule has 1 heterocycles. The summed E-state index contributed by atoms with van der Waals surface area (Å²) in [4.78, 5) is 38.1. The van der Waals surface area contributed by atoms with E-state index in [0.717, 1.165) is 56.6 Å². The Kier molecular flexibility index (Phi) is 10.4. The first-order valence-corrected chi connectivity index (χ1v) is 12.5. The molecule has 3 rings (SSSR count). The van der Waals surface area contributed by atoms with Crippen LogP contribution in [0.3, 0.4) is 0 Å². The molecule has 0 radical (unpaired) electrons. The van der Waals surface area contributed by atoms with Gasteiger partial charge in [0.1, 0.15) is 22.7 Å². The summed E-state index contributed by atoms with van der Waals surface area (Å²) in [5.41, 5.74) is -1.39. The van der Waals surface area contributed by atoms with Gasteiger partial charge in [0.05, 0.1) is 12.7 Å². The van der Waals surface area contributed by atoms with E-state index in [9.17, 15) is 14.4 Å². The molecule has 2 aliphatic rings. The summed E-state index contributed by atoms with van der Waals surface area (Å²) in [5.74, 6) is -2.69. The fraction of sp³-hybridized carbons (Fsp3) is 0.654. The van der Waals surface area contributed by atoms with Gasteiger partial charge < -0.3 is 34.6 Å². The molecule has 1 aromatic carbocycles. The summed E-state index contributed by atoms with van der Waals surface area (Å²) in [6, 6.07) is 2.73. The highest BCUT2D eigenvalue weighted by Crippen LogP contribution is 2.29. The van der Waals surface area contributed by atoms with E-state index in [1.807, 2.05) is 25.7 Å². The summed E-state index contributed by atoms with van der Waals surface area (Å²) >= 11 is 0. The zero-order valence-electron chi connectivity index (χ0n) is 22.0. The monoisotopic (exact) mass is 508 g/mol. The average Bonchev–Trinajstić information content (AvgIpc) is 2.76. The van der Waals surface area contributed by atoms with Gasteiger partial charge in [-0.2, -0.15) is 0 Å². The molecule has 0 unspecified atom stereocenters. The van der Waals surface area contributed by atoms with Gasteiger partial charge in [-0.25, -0.2) is 14.4 Å². The van der Waals surface area contributed by atoms with Crippen molar-refractivity contribution in [3.8, 4) is 11.5 Å². The van der Waals surface area contributed by atoms with E-state index in [2.05, 4.69) is 16.6 Å². The lowest BCUT2D eigenvalue weighted by atomic mass is 9.89. The molecule has 36 heavy (non-hydrogen) atoms. The number of likely N-dealkylation sites (tertiary alicyclic amines) is 1. The highest BCUT2D eigenvalue weighted by atomic mass is 16.6. The summed E-state index contributed by atoms with van der Waals surface area (Å²) < 4.78 is 10.1. The van der Waals surface area contributed by atoms with Crippen LogP contribution in [-0.4, -0.2) is 88.1 Å². The van der Waals surface area contributed by atoms with Crippen LogP contribution in [0.1, 0.15) is 80.5 Å². The number of piperidine rings is 1. The zero-order valence-corrected chi connectivity index (χ0v) is 22.0. The number of ether oxygens (including phenoxy) is 2. The van der Waals surface area contributed by atoms with Gasteiger partial charge >= 0.3 is 18.0 Å². The lowest BCUT2D eigenvalue weighted by molar-refractivity contribution is 0.0151. The van der Waals surface area contributed by atoms with Crippen molar-refractivity contribution in [2.45, 2.75) is 71.4 Å². The molecule has 1 aliphatic heterocycles.